The second-order valence-electron chi connectivity index (χ2n) is 6.85. The number of fused-ring (bicyclic) bond motifs is 1. The summed E-state index contributed by atoms with van der Waals surface area (Å²) in [5.41, 5.74) is 0.665. The Balaban J connectivity index is 1.46. The first-order valence-corrected chi connectivity index (χ1v) is 9.74. The average Bonchev–Trinajstić information content (AvgIpc) is 2.66. The molecule has 2 aliphatic heterocycles. The van der Waals surface area contributed by atoms with E-state index in [9.17, 15) is 9.59 Å². The van der Waals surface area contributed by atoms with Crippen molar-refractivity contribution in [3.05, 3.63) is 23.2 Å². The van der Waals surface area contributed by atoms with Gasteiger partial charge in [-0.1, -0.05) is 11.6 Å². The van der Waals surface area contributed by atoms with Crippen LogP contribution in [0.4, 0.5) is 5.69 Å². The lowest BCUT2D eigenvalue weighted by Crippen LogP contribution is -2.43. The van der Waals surface area contributed by atoms with E-state index >= 15 is 0 Å². The van der Waals surface area contributed by atoms with Crippen LogP contribution in [0.5, 0.6) is 5.75 Å². The summed E-state index contributed by atoms with van der Waals surface area (Å²) in [5, 5.41) is 3.43. The van der Waals surface area contributed by atoms with E-state index in [4.69, 9.17) is 21.1 Å². The molecule has 0 aromatic heterocycles. The van der Waals surface area contributed by atoms with Gasteiger partial charge in [-0.3, -0.25) is 14.5 Å². The van der Waals surface area contributed by atoms with Crippen LogP contribution in [0.1, 0.15) is 19.8 Å². The van der Waals surface area contributed by atoms with E-state index in [1.54, 1.807) is 23.1 Å². The Labute approximate surface area is 164 Å². The van der Waals surface area contributed by atoms with Gasteiger partial charge in [-0.2, -0.15) is 0 Å². The maximum absolute atomic E-state index is 12.7. The molecular weight excluding hydrogens is 370 g/mol. The van der Waals surface area contributed by atoms with Crippen LogP contribution in [-0.2, 0) is 14.3 Å². The minimum absolute atomic E-state index is 0.100. The maximum Gasteiger partial charge on any atom is 0.227 e. The molecule has 0 radical (unpaired) electrons. The summed E-state index contributed by atoms with van der Waals surface area (Å²) in [7, 11) is 0. The molecule has 2 aliphatic rings. The SMILES string of the molecule is C[C@@H]1CN(C(=O)CCC(=O)NCCN2CCOCC2)c2cc(Cl)ccc2O1. The summed E-state index contributed by atoms with van der Waals surface area (Å²) in [4.78, 5) is 28.7. The molecule has 27 heavy (non-hydrogen) atoms. The Kier molecular flexibility index (Phi) is 6.93. The zero-order valence-electron chi connectivity index (χ0n) is 15.6. The van der Waals surface area contributed by atoms with Crippen molar-refractivity contribution in [1.82, 2.24) is 10.2 Å². The third-order valence-corrected chi connectivity index (χ3v) is 4.94. The third-order valence-electron chi connectivity index (χ3n) is 4.70. The van der Waals surface area contributed by atoms with E-state index in [2.05, 4.69) is 10.2 Å². The fraction of sp³-hybridized carbons (Fsp3) is 0.579. The summed E-state index contributed by atoms with van der Waals surface area (Å²) in [6.45, 7) is 7.02. The van der Waals surface area contributed by atoms with Gasteiger partial charge in [-0.05, 0) is 25.1 Å². The first kappa shape index (κ1) is 19.9. The van der Waals surface area contributed by atoms with Crippen molar-refractivity contribution in [2.24, 2.45) is 0 Å². The van der Waals surface area contributed by atoms with E-state index in [-0.39, 0.29) is 30.8 Å². The Morgan fingerprint density at radius 3 is 2.81 bits per heavy atom. The molecule has 0 spiro atoms. The fourth-order valence-electron chi connectivity index (χ4n) is 3.27. The number of hydrogen-bond donors (Lipinski definition) is 1. The molecular formula is C19H26ClN3O4. The summed E-state index contributed by atoms with van der Waals surface area (Å²) in [6.07, 6.45) is 0.219. The molecule has 2 heterocycles. The van der Waals surface area contributed by atoms with Gasteiger partial charge in [0.25, 0.3) is 0 Å². The summed E-state index contributed by atoms with van der Waals surface area (Å²) in [5.74, 6) is 0.433. The van der Waals surface area contributed by atoms with Gasteiger partial charge >= 0.3 is 0 Å². The minimum Gasteiger partial charge on any atom is -0.487 e. The van der Waals surface area contributed by atoms with Crippen molar-refractivity contribution in [2.45, 2.75) is 25.9 Å². The van der Waals surface area contributed by atoms with Crippen molar-refractivity contribution in [2.75, 3.05) is 50.8 Å². The smallest absolute Gasteiger partial charge is 0.227 e. The lowest BCUT2D eigenvalue weighted by Gasteiger charge is -2.33. The number of benzene rings is 1. The van der Waals surface area contributed by atoms with Crippen molar-refractivity contribution in [1.29, 1.82) is 0 Å². The van der Waals surface area contributed by atoms with Gasteiger partial charge in [0.15, 0.2) is 0 Å². The standard InChI is InChI=1S/C19H26ClN3O4/c1-14-13-23(16-12-15(20)2-3-17(16)27-14)19(25)5-4-18(24)21-6-7-22-8-10-26-11-9-22/h2-3,12,14H,4-11,13H2,1H3,(H,21,24)/t14-/m1/s1. The highest BCUT2D eigenvalue weighted by Crippen LogP contribution is 2.36. The van der Waals surface area contributed by atoms with Crippen LogP contribution in [-0.4, -0.2) is 68.8 Å². The molecule has 7 nitrogen and oxygen atoms in total. The van der Waals surface area contributed by atoms with Crippen LogP contribution < -0.4 is 15.0 Å². The number of rotatable bonds is 6. The predicted octanol–water partition coefficient (Wildman–Crippen LogP) is 1.68. The van der Waals surface area contributed by atoms with Gasteiger partial charge in [-0.25, -0.2) is 0 Å². The van der Waals surface area contributed by atoms with Crippen molar-refractivity contribution < 1.29 is 19.1 Å². The number of halogens is 1. The van der Waals surface area contributed by atoms with Crippen LogP contribution in [0.2, 0.25) is 5.02 Å². The number of amides is 2. The van der Waals surface area contributed by atoms with Crippen LogP contribution in [0.3, 0.4) is 0 Å². The second kappa shape index (κ2) is 9.39. The second-order valence-corrected chi connectivity index (χ2v) is 7.29. The van der Waals surface area contributed by atoms with Crippen LogP contribution in [0, 0.1) is 0 Å². The molecule has 1 aromatic rings. The maximum atomic E-state index is 12.7. The molecule has 1 atom stereocenters. The van der Waals surface area contributed by atoms with Crippen molar-refractivity contribution in [3.63, 3.8) is 0 Å². The monoisotopic (exact) mass is 395 g/mol. The Bertz CT molecular complexity index is 679. The Morgan fingerprint density at radius 2 is 2.04 bits per heavy atom. The first-order valence-electron chi connectivity index (χ1n) is 9.36. The summed E-state index contributed by atoms with van der Waals surface area (Å²) in [6, 6.07) is 5.23. The highest BCUT2D eigenvalue weighted by atomic mass is 35.5. The fourth-order valence-corrected chi connectivity index (χ4v) is 3.44. The third kappa shape index (κ3) is 5.57. The molecule has 1 fully saturated rings. The molecule has 0 saturated carbocycles. The van der Waals surface area contributed by atoms with Crippen LogP contribution in [0.15, 0.2) is 18.2 Å². The van der Waals surface area contributed by atoms with Crippen molar-refractivity contribution in [3.8, 4) is 5.75 Å². The first-order chi connectivity index (χ1) is 13.0. The average molecular weight is 396 g/mol. The highest BCUT2D eigenvalue weighted by molar-refractivity contribution is 6.31. The molecule has 1 N–H and O–H groups in total. The van der Waals surface area contributed by atoms with Gasteiger partial charge in [0.05, 0.1) is 25.4 Å². The normalized spacial score (nSPS) is 19.9. The summed E-state index contributed by atoms with van der Waals surface area (Å²) < 4.78 is 11.1. The lowest BCUT2D eigenvalue weighted by atomic mass is 10.1. The number of anilines is 1. The molecule has 0 unspecified atom stereocenters. The number of nitrogens with one attached hydrogen (secondary N) is 1. The molecule has 8 heteroatoms. The van der Waals surface area contributed by atoms with Gasteiger partial charge in [0.1, 0.15) is 11.9 Å². The zero-order chi connectivity index (χ0) is 19.2. The van der Waals surface area contributed by atoms with Gasteiger partial charge in [0, 0.05) is 44.0 Å². The van der Waals surface area contributed by atoms with E-state index in [1.807, 2.05) is 6.92 Å². The van der Waals surface area contributed by atoms with Gasteiger partial charge < -0.3 is 19.7 Å². The molecule has 1 aromatic carbocycles. The van der Waals surface area contributed by atoms with Gasteiger partial charge in [-0.15, -0.1) is 0 Å². The number of carbonyl (C=O) groups is 2. The quantitative estimate of drug-likeness (QED) is 0.793. The Hall–Kier alpha value is -1.83. The van der Waals surface area contributed by atoms with E-state index in [0.29, 0.717) is 29.5 Å². The molecule has 148 valence electrons. The van der Waals surface area contributed by atoms with Crippen LogP contribution >= 0.6 is 11.6 Å². The van der Waals surface area contributed by atoms with E-state index in [1.165, 1.54) is 0 Å². The number of nitrogens with zero attached hydrogens (tertiary/aromatic N) is 2. The molecule has 0 aliphatic carbocycles. The van der Waals surface area contributed by atoms with E-state index in [0.717, 1.165) is 32.8 Å². The lowest BCUT2D eigenvalue weighted by molar-refractivity contribution is -0.125. The largest absolute Gasteiger partial charge is 0.487 e. The molecule has 2 amide bonds. The topological polar surface area (TPSA) is 71.1 Å². The highest BCUT2D eigenvalue weighted by Gasteiger charge is 2.28. The molecule has 3 rings (SSSR count). The number of hydrogen-bond acceptors (Lipinski definition) is 5. The number of ether oxygens (including phenoxy) is 2. The number of carbonyl (C=O) groups excluding carboxylic acids is 2. The predicted molar refractivity (Wildman–Crippen MR) is 103 cm³/mol. The number of morpholine rings is 1. The van der Waals surface area contributed by atoms with Crippen LogP contribution in [0.25, 0.3) is 0 Å². The molecule has 1 saturated heterocycles. The van der Waals surface area contributed by atoms with Crippen molar-refractivity contribution >= 4 is 29.1 Å². The molecule has 0 bridgehead atoms. The Morgan fingerprint density at radius 1 is 1.26 bits per heavy atom. The minimum atomic E-state index is -0.107. The zero-order valence-corrected chi connectivity index (χ0v) is 16.3. The summed E-state index contributed by atoms with van der Waals surface area (Å²) >= 11 is 6.06. The van der Waals surface area contributed by atoms with Gasteiger partial charge in [0.2, 0.25) is 11.8 Å². The van der Waals surface area contributed by atoms with E-state index < -0.39 is 0 Å².